The van der Waals surface area contributed by atoms with Gasteiger partial charge >= 0.3 is 44.3 Å². The Morgan fingerprint density at radius 1 is 1.71 bits per heavy atom. The molecular formula is C3H3N3Se. The summed E-state index contributed by atoms with van der Waals surface area (Å²) in [6, 6.07) is 0. The average molecular weight is 160 g/mol. The van der Waals surface area contributed by atoms with Crippen LogP contribution in [0.2, 0.25) is 0 Å². The van der Waals surface area contributed by atoms with Gasteiger partial charge in [0.15, 0.2) is 0 Å². The summed E-state index contributed by atoms with van der Waals surface area (Å²) in [5, 5.41) is 1.68. The maximum absolute atomic E-state index is 8.10. The summed E-state index contributed by atoms with van der Waals surface area (Å²) in [4.78, 5) is 5.55. The van der Waals surface area contributed by atoms with Crippen LogP contribution in [0.1, 0.15) is 0 Å². The van der Waals surface area contributed by atoms with Gasteiger partial charge in [-0.3, -0.25) is 0 Å². The van der Waals surface area contributed by atoms with Gasteiger partial charge < -0.3 is 0 Å². The van der Waals surface area contributed by atoms with E-state index in [2.05, 4.69) is 8.75 Å². The van der Waals surface area contributed by atoms with Crippen molar-refractivity contribution in [2.45, 2.75) is 0 Å². The normalized spacial score (nSPS) is 25.4. The van der Waals surface area contributed by atoms with Crippen molar-refractivity contribution >= 4 is 18.8 Å². The van der Waals surface area contributed by atoms with E-state index in [1.54, 1.807) is 11.3 Å². The van der Waals surface area contributed by atoms with Crippen LogP contribution in [0, 0.1) is 0 Å². The predicted molar refractivity (Wildman–Crippen MR) is 28.9 cm³/mol. The molecule has 1 unspecified atom stereocenters. The number of rotatable bonds is 0. The van der Waals surface area contributed by atoms with Gasteiger partial charge in [-0.1, -0.05) is 0 Å². The Hall–Kier alpha value is -0.561. The van der Waals surface area contributed by atoms with Crippen LogP contribution in [-0.4, -0.2) is 18.8 Å². The number of nitrogens with zero attached hydrogens (tertiary/aromatic N) is 3. The van der Waals surface area contributed by atoms with Crippen molar-refractivity contribution in [2.24, 2.45) is 4.99 Å². The van der Waals surface area contributed by atoms with Gasteiger partial charge in [0, 0.05) is 0 Å². The minimum absolute atomic E-state index is 1.24. The van der Waals surface area contributed by atoms with Gasteiger partial charge in [-0.25, -0.2) is 0 Å². The number of hydrogen-bond donors (Lipinski definition) is 0. The molecule has 0 saturated heterocycles. The van der Waals surface area contributed by atoms with Crippen LogP contribution in [-0.2, 0) is 0 Å². The summed E-state index contributed by atoms with van der Waals surface area (Å²) < 4.78 is 3.08. The molecule has 1 rings (SSSR count). The second-order valence-corrected chi connectivity index (χ2v) is 3.78. The van der Waals surface area contributed by atoms with Gasteiger partial charge in [0.1, 0.15) is 0 Å². The topological polar surface area (TPSA) is 48.8 Å². The molecule has 0 saturated carbocycles. The molecule has 1 atom stereocenters. The molecule has 0 spiro atoms. The van der Waals surface area contributed by atoms with Gasteiger partial charge in [-0.05, 0) is 0 Å². The molecule has 0 aliphatic carbocycles. The third-order valence-electron chi connectivity index (χ3n) is 0.549. The molecule has 0 radical (unpaired) electrons. The summed E-state index contributed by atoms with van der Waals surface area (Å²) in [7, 11) is 0. The van der Waals surface area contributed by atoms with Gasteiger partial charge in [0.05, 0.1) is 0 Å². The van der Waals surface area contributed by atoms with Gasteiger partial charge in [0.25, 0.3) is 0 Å². The molecule has 1 aliphatic heterocycles. The summed E-state index contributed by atoms with van der Waals surface area (Å²) in [6.07, 6.45) is 1.66. The quantitative estimate of drug-likeness (QED) is 0.272. The molecule has 0 aromatic rings. The van der Waals surface area contributed by atoms with Crippen LogP contribution in [0.3, 0.4) is 0 Å². The molecule has 0 amide bonds. The third kappa shape index (κ3) is 0.903. The molecule has 3 nitrogen and oxygen atoms in total. The molecule has 0 aromatic carbocycles. The summed E-state index contributed by atoms with van der Waals surface area (Å²) >= 11 is -1.24. The van der Waals surface area contributed by atoms with E-state index in [0.717, 1.165) is 0 Å². The molecule has 1 heterocycles. The molecule has 36 valence electrons. The van der Waals surface area contributed by atoms with Crippen LogP contribution < -0.4 is 3.76 Å². The van der Waals surface area contributed by atoms with Crippen LogP contribution in [0.5, 0.6) is 0 Å². The molecule has 4 heteroatoms. The van der Waals surface area contributed by atoms with E-state index in [1.807, 2.05) is 4.97 Å². The first kappa shape index (κ1) is 4.59. The van der Waals surface area contributed by atoms with E-state index in [0.29, 0.717) is 0 Å². The second-order valence-electron chi connectivity index (χ2n) is 0.968. The van der Waals surface area contributed by atoms with Crippen molar-refractivity contribution < 1.29 is 0 Å². The van der Waals surface area contributed by atoms with E-state index >= 15 is 0 Å². The van der Waals surface area contributed by atoms with E-state index in [9.17, 15) is 0 Å². The zero-order valence-corrected chi connectivity index (χ0v) is 5.20. The summed E-state index contributed by atoms with van der Waals surface area (Å²) in [5.74, 6) is 0. The van der Waals surface area contributed by atoms with Crippen LogP contribution >= 0.6 is 0 Å². The monoisotopic (exact) mass is 161 g/mol. The van der Waals surface area contributed by atoms with Gasteiger partial charge in [-0.15, -0.1) is 0 Å². The van der Waals surface area contributed by atoms with Crippen molar-refractivity contribution in [3.8, 4) is 0 Å². The average Bonchev–Trinajstić information content (AvgIpc) is 2.14. The zero-order valence-electron chi connectivity index (χ0n) is 3.48. The van der Waals surface area contributed by atoms with Crippen LogP contribution in [0.15, 0.2) is 16.2 Å². The van der Waals surface area contributed by atoms with Crippen LogP contribution in [0.25, 0.3) is 5.53 Å². The fraction of sp³-hybridized carbons (Fsp3) is 0. The number of aliphatic imine (C=N–C) groups is 1. The first-order valence-electron chi connectivity index (χ1n) is 1.70. The minimum atomic E-state index is -1.24. The van der Waals surface area contributed by atoms with E-state index in [-0.39, 0.29) is 0 Å². The van der Waals surface area contributed by atoms with Gasteiger partial charge in [-0.2, -0.15) is 0 Å². The van der Waals surface area contributed by atoms with Gasteiger partial charge in [0.2, 0.25) is 0 Å². The first-order chi connectivity index (χ1) is 3.43. The Labute approximate surface area is 45.0 Å². The second kappa shape index (κ2) is 1.94. The Bertz CT molecular complexity index is 161. The van der Waals surface area contributed by atoms with Crippen molar-refractivity contribution in [3.63, 3.8) is 0 Å². The Kier molecular flexibility index (Phi) is 1.27. The van der Waals surface area contributed by atoms with E-state index in [4.69, 9.17) is 5.53 Å². The Balaban J connectivity index is 3.00. The standard InChI is InChI=1S/C3H3N3Se/c4-6-7-2-1-5-3-7/h1-3H. The Morgan fingerprint density at radius 2 is 2.57 bits per heavy atom. The number of hydrogen-bond acceptors (Lipinski definition) is 1. The van der Waals surface area contributed by atoms with Crippen molar-refractivity contribution in [1.82, 2.24) is 3.76 Å². The SMILES string of the molecule is [N-]=[N+]=[Se]1C=CN=C1. The fourth-order valence-electron chi connectivity index (χ4n) is 0.278. The molecule has 7 heavy (non-hydrogen) atoms. The van der Waals surface area contributed by atoms with Crippen molar-refractivity contribution in [3.05, 3.63) is 16.7 Å². The predicted octanol–water partition coefficient (Wildman–Crippen LogP) is 0.0118. The van der Waals surface area contributed by atoms with E-state index in [1.165, 1.54) is 0 Å². The summed E-state index contributed by atoms with van der Waals surface area (Å²) in [5.41, 5.74) is 8.10. The third-order valence-corrected chi connectivity index (χ3v) is 2.49. The molecular weight excluding hydrogens is 157 g/mol. The van der Waals surface area contributed by atoms with Crippen LogP contribution in [0.4, 0.5) is 0 Å². The van der Waals surface area contributed by atoms with Crippen molar-refractivity contribution in [1.29, 1.82) is 0 Å². The zero-order chi connectivity index (χ0) is 5.11. The molecule has 0 fully saturated rings. The summed E-state index contributed by atoms with van der Waals surface area (Å²) in [6.45, 7) is 0. The first-order valence-corrected chi connectivity index (χ1v) is 4.45. The molecule has 0 bridgehead atoms. The maximum atomic E-state index is 8.10. The van der Waals surface area contributed by atoms with Crippen molar-refractivity contribution in [2.75, 3.05) is 0 Å². The molecule has 0 N–H and O–H groups in total. The Morgan fingerprint density at radius 3 is 2.86 bits per heavy atom. The fourth-order valence-corrected chi connectivity index (χ4v) is 1.45. The molecule has 1 aliphatic rings. The van der Waals surface area contributed by atoms with E-state index < -0.39 is 13.7 Å². The molecule has 0 aromatic heterocycles.